The molecule has 0 unspecified atom stereocenters. The van der Waals surface area contributed by atoms with Crippen LogP contribution in [0, 0.1) is 6.92 Å². The Morgan fingerprint density at radius 1 is 0.445 bits per heavy atom. The molecule has 0 bridgehead atoms. The molecule has 2 heterocycles. The second-order valence-corrected chi connectivity index (χ2v) is 34.0. The molecule has 0 fully saturated rings. The molecule has 0 aromatic heterocycles. The van der Waals surface area contributed by atoms with Gasteiger partial charge in [0.25, 0.3) is 40.5 Å². The van der Waals surface area contributed by atoms with Crippen molar-refractivity contribution in [2.75, 3.05) is 14.2 Å². The number of halogens is 4. The molecule has 14 rings (SSSR count). The van der Waals surface area contributed by atoms with Crippen LogP contribution in [0.1, 0.15) is 68.1 Å². The molecule has 564 valence electrons. The first-order valence-corrected chi connectivity index (χ1v) is 41.0. The minimum Gasteiger partial charge on any atom is -0.508 e. The second-order valence-electron chi connectivity index (χ2n) is 24.4. The van der Waals surface area contributed by atoms with E-state index in [4.69, 9.17) is 16.7 Å². The Labute approximate surface area is 665 Å². The number of aromatic hydroxyl groups is 8. The first-order chi connectivity index (χ1) is 52.0. The van der Waals surface area contributed by atoms with Crippen molar-refractivity contribution in [1.82, 2.24) is 0 Å². The highest BCUT2D eigenvalue weighted by molar-refractivity contribution is 9.13. The van der Waals surface area contributed by atoms with Crippen molar-refractivity contribution in [3.63, 3.8) is 0 Å². The van der Waals surface area contributed by atoms with Crippen molar-refractivity contribution in [2.45, 2.75) is 44.6 Å². The van der Waals surface area contributed by atoms with Gasteiger partial charge in [0.1, 0.15) is 42.6 Å². The van der Waals surface area contributed by atoms with Gasteiger partial charge in [0.15, 0.2) is 40.0 Å². The van der Waals surface area contributed by atoms with Crippen molar-refractivity contribution in [2.24, 2.45) is 0 Å². The summed E-state index contributed by atoms with van der Waals surface area (Å²) in [4.78, 5) is 24.0. The van der Waals surface area contributed by atoms with Crippen molar-refractivity contribution >= 4 is 127 Å². The summed E-state index contributed by atoms with van der Waals surface area (Å²) in [5.74, 6) is -1.77. The van der Waals surface area contributed by atoms with Crippen LogP contribution < -0.4 is 0 Å². The van der Waals surface area contributed by atoms with Gasteiger partial charge in [-0.1, -0.05) is 133 Å². The molecule has 10 aromatic rings. The molecule has 4 aliphatic rings. The maximum absolute atomic E-state index is 12.8. The van der Waals surface area contributed by atoms with E-state index in [-0.39, 0.29) is 82.3 Å². The molecule has 0 spiro atoms. The van der Waals surface area contributed by atoms with Crippen LogP contribution >= 0.6 is 63.7 Å². The third-order valence-corrected chi connectivity index (χ3v) is 26.4. The summed E-state index contributed by atoms with van der Waals surface area (Å²) in [6.07, 6.45) is 7.79. The Kier molecular flexibility index (Phi) is 23.6. The quantitative estimate of drug-likeness (QED) is 0.0416. The van der Waals surface area contributed by atoms with Gasteiger partial charge < -0.3 is 40.9 Å². The van der Waals surface area contributed by atoms with Gasteiger partial charge in [-0.2, -0.15) is 33.7 Å². The number of rotatable bonds is 12. The zero-order chi connectivity index (χ0) is 79.7. The maximum atomic E-state index is 12.8. The SMILES string of the molecule is COS(=O)(=O)c1ccccc1/C(=C1\C=C(Br)C(=O)C(Br)=C1C)c1cc(Br)c(O)c(Br)c1C.COS(=O)(=O)c1ccccc1C(=C1C=CC(=O)C=C1)c1ccc(O)cc1.O=S1(=O)OC(c2ccc(O)c(O)c2)(c2ccc(O)c(O)c2)c2ccccc21.O=S1(=O)OC(c2ccc(O)cc2)(c2ccc(O)cc2)c2ccccc21. The minimum absolute atomic E-state index is 0.0185. The van der Waals surface area contributed by atoms with Crippen LogP contribution in [-0.2, 0) is 78.0 Å². The predicted molar refractivity (Wildman–Crippen MR) is 422 cm³/mol. The topological polar surface area (TPSA) is 369 Å². The van der Waals surface area contributed by atoms with E-state index in [0.29, 0.717) is 90.3 Å². The monoisotopic (exact) mass is 1820 g/mol. The summed E-state index contributed by atoms with van der Waals surface area (Å²) in [5, 5.41) is 78.3. The molecular weight excluding hydrogens is 1760 g/mol. The number of carbonyl (C=O) groups is 2. The first-order valence-electron chi connectivity index (χ1n) is 32.2. The van der Waals surface area contributed by atoms with Crippen LogP contribution in [0.25, 0.3) is 11.1 Å². The van der Waals surface area contributed by atoms with Crippen LogP contribution in [0.15, 0.2) is 297 Å². The Balaban J connectivity index is 0.000000146. The smallest absolute Gasteiger partial charge is 0.298 e. The van der Waals surface area contributed by atoms with E-state index >= 15 is 0 Å². The van der Waals surface area contributed by atoms with Gasteiger partial charge in [-0.15, -0.1) is 0 Å². The number of allylic oxidation sites excluding steroid dienone is 10. The maximum Gasteiger partial charge on any atom is 0.298 e. The van der Waals surface area contributed by atoms with Crippen LogP contribution in [0.2, 0.25) is 0 Å². The van der Waals surface area contributed by atoms with E-state index in [1.165, 1.54) is 109 Å². The molecule has 8 N–H and O–H groups in total. The molecule has 0 atom stereocenters. The first kappa shape index (κ1) is 80.9. The minimum atomic E-state index is -4.14. The summed E-state index contributed by atoms with van der Waals surface area (Å²) in [7, 11) is -13.9. The largest absolute Gasteiger partial charge is 0.508 e. The van der Waals surface area contributed by atoms with Gasteiger partial charge in [0.2, 0.25) is 5.78 Å². The zero-order valence-electron chi connectivity index (χ0n) is 57.5. The number of benzene rings is 10. The Morgan fingerprint density at radius 3 is 1.27 bits per heavy atom. The molecule has 2 aliphatic carbocycles. The molecule has 22 nitrogen and oxygen atoms in total. The normalized spacial score (nSPS) is 16.0. The molecule has 30 heteroatoms. The van der Waals surface area contributed by atoms with E-state index in [9.17, 15) is 84.1 Å². The average molecular weight is 1820 g/mol. The van der Waals surface area contributed by atoms with Gasteiger partial charge in [0, 0.05) is 22.3 Å². The highest BCUT2D eigenvalue weighted by Gasteiger charge is 2.53. The number of ketones is 2. The second kappa shape index (κ2) is 32.1. The number of Topliss-reactive ketones (excluding diaryl/α,β-unsaturated/α-hetero) is 1. The lowest BCUT2D eigenvalue weighted by atomic mass is 9.80. The fraction of sp³-hybridized carbons (Fsp3) is 0.0750. The number of hydrogen-bond acceptors (Lipinski definition) is 22. The average Bonchev–Trinajstić information content (AvgIpc) is 1.54. The fourth-order valence-electron chi connectivity index (χ4n) is 12.5. The Hall–Kier alpha value is -10.1. The van der Waals surface area contributed by atoms with Gasteiger partial charge in [-0.25, -0.2) is 8.37 Å². The molecule has 0 saturated heterocycles. The van der Waals surface area contributed by atoms with Crippen molar-refractivity contribution in [3.8, 4) is 46.0 Å². The van der Waals surface area contributed by atoms with Gasteiger partial charge in [-0.05, 0) is 254 Å². The van der Waals surface area contributed by atoms with Crippen LogP contribution in [-0.4, -0.2) is 100 Å². The van der Waals surface area contributed by atoms with Gasteiger partial charge in [-0.3, -0.25) is 18.0 Å². The van der Waals surface area contributed by atoms with Gasteiger partial charge in [0.05, 0.1) is 32.1 Å². The number of carbonyl (C=O) groups excluding carboxylic acids is 2. The lowest BCUT2D eigenvalue weighted by molar-refractivity contribution is -0.111. The predicted octanol–water partition coefficient (Wildman–Crippen LogP) is 15.7. The molecule has 0 saturated carbocycles. The number of phenols is 8. The molecule has 110 heavy (non-hydrogen) atoms. The Bertz CT molecular complexity index is 5980. The summed E-state index contributed by atoms with van der Waals surface area (Å²) in [5.41, 5.74) is 5.21. The fourth-order valence-corrected chi connectivity index (χ4v) is 19.4. The zero-order valence-corrected chi connectivity index (χ0v) is 67.1. The number of fused-ring (bicyclic) bond motifs is 2. The van der Waals surface area contributed by atoms with Crippen molar-refractivity contribution < 1.29 is 101 Å². The van der Waals surface area contributed by atoms with Crippen LogP contribution in [0.3, 0.4) is 0 Å². The lowest BCUT2D eigenvalue weighted by Crippen LogP contribution is -2.29. The highest BCUT2D eigenvalue weighted by atomic mass is 79.9. The third kappa shape index (κ3) is 15.7. The Morgan fingerprint density at radius 2 is 0.836 bits per heavy atom. The van der Waals surface area contributed by atoms with Crippen molar-refractivity contribution in [3.05, 3.63) is 339 Å². The number of phenolic OH excluding ortho intramolecular Hbond substituents is 8. The lowest BCUT2D eigenvalue weighted by Gasteiger charge is -2.29. The van der Waals surface area contributed by atoms with Crippen molar-refractivity contribution in [1.29, 1.82) is 0 Å². The van der Waals surface area contributed by atoms with E-state index in [1.54, 1.807) is 147 Å². The van der Waals surface area contributed by atoms with E-state index in [2.05, 4.69) is 63.7 Å². The standard InChI is InChI=1S/C22H16Br4O5S.C20H16O5S.C19H14O7S.C19H14O5S/c1-10-13(8-15(23)21(27)19(10)25)18(14-9-16(24)22(28)20(26)11(14)2)12-6-4-5-7-17(12)32(29,30)31-3;1-25-26(23,24)19-5-3-2-4-18(19)20(14-6-10-16(21)11-7-14)15-8-12-17(22)13-9-15;20-14-7-5-11(9-16(14)22)19(12-6-8-15(21)17(23)10-12)13-3-1-2-4-18(13)27(24,25)26-19;20-15-9-5-13(6-10-15)19(14-7-11-16(21)12-8-14)17-3-1-2-4-18(17)25(22,23)24-19/h4-9,27H,1-3H3;2-13,21H,1H3;1-10,20-23H;1-12,20-21H/b18-14-;;;. The highest BCUT2D eigenvalue weighted by Crippen LogP contribution is 2.54. The molecular formula is C80H60Br4O22S4. The summed E-state index contributed by atoms with van der Waals surface area (Å²) < 4.78 is 123. The van der Waals surface area contributed by atoms with E-state index in [0.717, 1.165) is 14.2 Å². The van der Waals surface area contributed by atoms with E-state index in [1.807, 2.05) is 0 Å². The van der Waals surface area contributed by atoms with Gasteiger partial charge >= 0.3 is 0 Å². The van der Waals surface area contributed by atoms with E-state index < -0.39 is 63.2 Å². The number of hydrogen-bond donors (Lipinski definition) is 8. The van der Waals surface area contributed by atoms with Crippen LogP contribution in [0.4, 0.5) is 0 Å². The molecule has 10 aromatic carbocycles. The van der Waals surface area contributed by atoms with Crippen LogP contribution in [0.5, 0.6) is 46.0 Å². The summed E-state index contributed by atoms with van der Waals surface area (Å²) in [6, 6.07) is 53.9. The third-order valence-electron chi connectivity index (χ3n) is 17.8. The molecule has 0 radical (unpaired) electrons. The summed E-state index contributed by atoms with van der Waals surface area (Å²) in [6.45, 7) is 3.58. The molecule has 2 aliphatic heterocycles. The summed E-state index contributed by atoms with van der Waals surface area (Å²) >= 11 is 13.5. The molecule has 0 amide bonds.